The van der Waals surface area contributed by atoms with Gasteiger partial charge in [-0.3, -0.25) is 13.9 Å². The molecule has 1 atom stereocenters. The van der Waals surface area contributed by atoms with Gasteiger partial charge >= 0.3 is 0 Å². The van der Waals surface area contributed by atoms with Crippen molar-refractivity contribution in [2.75, 3.05) is 17.4 Å². The summed E-state index contributed by atoms with van der Waals surface area (Å²) in [5, 5.41) is 2.89. The first-order chi connectivity index (χ1) is 18.1. The van der Waals surface area contributed by atoms with Crippen LogP contribution in [0.25, 0.3) is 0 Å². The molecule has 202 valence electrons. The number of hydrogen-bond donors (Lipinski definition) is 1. The van der Waals surface area contributed by atoms with Crippen molar-refractivity contribution in [1.82, 2.24) is 10.2 Å². The molecule has 0 unspecified atom stereocenters. The van der Waals surface area contributed by atoms with Gasteiger partial charge in [0.25, 0.3) is 10.0 Å². The molecule has 0 spiro atoms. The molecule has 3 rings (SSSR count). The van der Waals surface area contributed by atoms with Crippen LogP contribution in [0.5, 0.6) is 0 Å². The Morgan fingerprint density at radius 1 is 0.974 bits per heavy atom. The molecule has 1 N–H and O–H groups in total. The van der Waals surface area contributed by atoms with Crippen molar-refractivity contribution < 1.29 is 22.4 Å². The summed E-state index contributed by atoms with van der Waals surface area (Å²) in [7, 11) is -4.21. The molecule has 0 aliphatic heterocycles. The summed E-state index contributed by atoms with van der Waals surface area (Å²) in [5.74, 6) is -1.41. The fourth-order valence-corrected chi connectivity index (χ4v) is 5.72. The van der Waals surface area contributed by atoms with Crippen LogP contribution in [0, 0.1) is 12.7 Å². The third kappa shape index (κ3) is 6.90. The lowest BCUT2D eigenvalue weighted by Gasteiger charge is -2.33. The second-order valence-corrected chi connectivity index (χ2v) is 11.0. The molecule has 2 amide bonds. The van der Waals surface area contributed by atoms with Crippen molar-refractivity contribution in [2.24, 2.45) is 0 Å². The third-order valence-electron chi connectivity index (χ3n) is 6.01. The van der Waals surface area contributed by atoms with Crippen LogP contribution in [0.2, 0.25) is 5.02 Å². The number of carbonyl (C=O) groups excluding carboxylic acids is 2. The molecule has 0 heterocycles. The van der Waals surface area contributed by atoms with Gasteiger partial charge in [0.2, 0.25) is 11.8 Å². The number of carbonyl (C=O) groups is 2. The van der Waals surface area contributed by atoms with Crippen LogP contribution < -0.4 is 9.62 Å². The van der Waals surface area contributed by atoms with Crippen LogP contribution in [-0.4, -0.2) is 44.3 Å². The van der Waals surface area contributed by atoms with Crippen LogP contribution in [0.15, 0.2) is 77.7 Å². The lowest BCUT2D eigenvalue weighted by atomic mass is 10.1. The maximum atomic E-state index is 13.9. The van der Waals surface area contributed by atoms with Crippen LogP contribution in [-0.2, 0) is 26.2 Å². The van der Waals surface area contributed by atoms with Gasteiger partial charge in [-0.15, -0.1) is 0 Å². The van der Waals surface area contributed by atoms with Gasteiger partial charge in [-0.2, -0.15) is 0 Å². The summed E-state index contributed by atoms with van der Waals surface area (Å²) in [6.45, 7) is 5.11. The summed E-state index contributed by atoms with van der Waals surface area (Å²) in [6.07, 6.45) is 0.287. The first-order valence-corrected chi connectivity index (χ1v) is 14.1. The summed E-state index contributed by atoms with van der Waals surface area (Å²) in [4.78, 5) is 28.1. The first-order valence-electron chi connectivity index (χ1n) is 12.2. The minimum atomic E-state index is -4.21. The molecule has 3 aromatic carbocycles. The van der Waals surface area contributed by atoms with E-state index in [0.717, 1.165) is 9.87 Å². The molecule has 10 heteroatoms. The van der Waals surface area contributed by atoms with Crippen LogP contribution in [0.4, 0.5) is 10.1 Å². The number of halogens is 2. The van der Waals surface area contributed by atoms with Crippen molar-refractivity contribution in [3.63, 3.8) is 0 Å². The average Bonchev–Trinajstić information content (AvgIpc) is 2.89. The zero-order valence-corrected chi connectivity index (χ0v) is 23.1. The van der Waals surface area contributed by atoms with Crippen molar-refractivity contribution in [3.05, 3.63) is 94.8 Å². The molecule has 0 radical (unpaired) electrons. The summed E-state index contributed by atoms with van der Waals surface area (Å²) >= 11 is 6.40. The first kappa shape index (κ1) is 29.1. The van der Waals surface area contributed by atoms with Crippen LogP contribution in [0.3, 0.4) is 0 Å². The van der Waals surface area contributed by atoms with E-state index in [0.29, 0.717) is 12.1 Å². The predicted molar refractivity (Wildman–Crippen MR) is 147 cm³/mol. The zero-order chi connectivity index (χ0) is 27.9. The van der Waals surface area contributed by atoms with E-state index in [9.17, 15) is 22.4 Å². The number of rotatable bonds is 11. The molecule has 38 heavy (non-hydrogen) atoms. The average molecular weight is 560 g/mol. The SMILES string of the molecule is CCNC(=O)[C@@H](CC)N(Cc1ccc(F)cc1)C(=O)CN(c1ccccc1Cl)S(=O)(=O)c1ccc(C)cc1. The number of nitrogens with one attached hydrogen (secondary N) is 1. The molecule has 0 saturated heterocycles. The van der Waals surface area contributed by atoms with Gasteiger partial charge < -0.3 is 10.2 Å². The van der Waals surface area contributed by atoms with E-state index < -0.39 is 34.3 Å². The van der Waals surface area contributed by atoms with Gasteiger partial charge in [0.1, 0.15) is 18.4 Å². The third-order valence-corrected chi connectivity index (χ3v) is 8.11. The Morgan fingerprint density at radius 3 is 2.18 bits per heavy atom. The molecule has 0 saturated carbocycles. The molecule has 7 nitrogen and oxygen atoms in total. The van der Waals surface area contributed by atoms with Gasteiger partial charge in [0, 0.05) is 13.1 Å². The molecule has 0 fully saturated rings. The molecular weight excluding hydrogens is 529 g/mol. The molecule has 0 bridgehead atoms. The highest BCUT2D eigenvalue weighted by molar-refractivity contribution is 7.92. The van der Waals surface area contributed by atoms with E-state index in [-0.39, 0.29) is 34.5 Å². The van der Waals surface area contributed by atoms with Crippen molar-refractivity contribution in [3.8, 4) is 0 Å². The lowest BCUT2D eigenvalue weighted by molar-refractivity contribution is -0.140. The Bertz CT molecular complexity index is 1370. The monoisotopic (exact) mass is 559 g/mol. The summed E-state index contributed by atoms with van der Waals surface area (Å²) < 4.78 is 42.1. The van der Waals surface area contributed by atoms with Crippen molar-refractivity contribution >= 4 is 39.1 Å². The normalized spacial score (nSPS) is 12.0. The van der Waals surface area contributed by atoms with E-state index >= 15 is 0 Å². The Kier molecular flexibility index (Phi) is 9.88. The Hall–Kier alpha value is -3.43. The molecule has 0 aromatic heterocycles. The highest BCUT2D eigenvalue weighted by Crippen LogP contribution is 2.31. The number of para-hydroxylation sites is 1. The van der Waals surface area contributed by atoms with E-state index in [2.05, 4.69) is 5.32 Å². The van der Waals surface area contributed by atoms with Gasteiger partial charge in [-0.1, -0.05) is 60.5 Å². The summed E-state index contributed by atoms with van der Waals surface area (Å²) in [5.41, 5.74) is 1.60. The number of anilines is 1. The Morgan fingerprint density at radius 2 is 1.61 bits per heavy atom. The van der Waals surface area contributed by atoms with E-state index in [1.807, 2.05) is 6.92 Å². The predicted octanol–water partition coefficient (Wildman–Crippen LogP) is 4.93. The molecule has 3 aromatic rings. The lowest BCUT2D eigenvalue weighted by Crippen LogP contribution is -2.52. The van der Waals surface area contributed by atoms with Gasteiger partial charge in [0.15, 0.2) is 0 Å². The summed E-state index contributed by atoms with van der Waals surface area (Å²) in [6, 6.07) is 17.3. The van der Waals surface area contributed by atoms with Crippen LogP contribution >= 0.6 is 11.6 Å². The quantitative estimate of drug-likeness (QED) is 0.361. The zero-order valence-electron chi connectivity index (χ0n) is 21.5. The van der Waals surface area contributed by atoms with Crippen molar-refractivity contribution in [2.45, 2.75) is 44.7 Å². The standard InChI is InChI=1S/C28H31ClFN3O4S/c1-4-25(28(35)31-5-2)32(18-21-12-14-22(30)15-13-21)27(34)19-33(26-9-7-6-8-24(26)29)38(36,37)23-16-10-20(3)11-17-23/h6-17,25H,4-5,18-19H2,1-3H3,(H,31,35)/t25-/m1/s1. The maximum absolute atomic E-state index is 13.9. The van der Waals surface area contributed by atoms with E-state index in [1.165, 1.54) is 47.4 Å². The Balaban J connectivity index is 2.06. The largest absolute Gasteiger partial charge is 0.355 e. The number of nitrogens with zero attached hydrogens (tertiary/aromatic N) is 2. The fourth-order valence-electron chi connectivity index (χ4n) is 4.00. The molecular formula is C28H31ClFN3O4S. The smallest absolute Gasteiger partial charge is 0.264 e. The number of amides is 2. The number of hydrogen-bond acceptors (Lipinski definition) is 4. The number of likely N-dealkylation sites (N-methyl/N-ethyl adjacent to an activating group) is 1. The van der Waals surface area contributed by atoms with Crippen LogP contribution in [0.1, 0.15) is 31.4 Å². The van der Waals surface area contributed by atoms with Gasteiger partial charge in [0.05, 0.1) is 15.6 Å². The Labute approximate surface area is 228 Å². The number of aryl methyl sites for hydroxylation is 1. The van der Waals surface area contributed by atoms with Gasteiger partial charge in [-0.25, -0.2) is 12.8 Å². The fraction of sp³-hybridized carbons (Fsp3) is 0.286. The second-order valence-electron chi connectivity index (χ2n) is 8.74. The highest BCUT2D eigenvalue weighted by atomic mass is 35.5. The second kappa shape index (κ2) is 12.9. The number of benzene rings is 3. The molecule has 0 aliphatic carbocycles. The topological polar surface area (TPSA) is 86.8 Å². The van der Waals surface area contributed by atoms with Gasteiger partial charge in [-0.05, 0) is 62.2 Å². The minimum Gasteiger partial charge on any atom is -0.355 e. The van der Waals surface area contributed by atoms with E-state index in [4.69, 9.17) is 11.6 Å². The van der Waals surface area contributed by atoms with Crippen molar-refractivity contribution in [1.29, 1.82) is 0 Å². The highest BCUT2D eigenvalue weighted by Gasteiger charge is 2.34. The number of sulfonamides is 1. The van der Waals surface area contributed by atoms with E-state index in [1.54, 1.807) is 44.2 Å². The molecule has 0 aliphatic rings. The maximum Gasteiger partial charge on any atom is 0.264 e. The minimum absolute atomic E-state index is 0.00308.